The molecule has 0 aliphatic carbocycles. The van der Waals surface area contributed by atoms with Gasteiger partial charge in [-0.05, 0) is 0 Å². The number of hydrogen-bond donors (Lipinski definition) is 2. The van der Waals surface area contributed by atoms with Crippen molar-refractivity contribution in [2.24, 2.45) is 5.73 Å². The van der Waals surface area contributed by atoms with Crippen LogP contribution in [-0.4, -0.2) is 35.5 Å². The molecule has 0 amide bonds. The molecule has 0 aliphatic rings. The first-order chi connectivity index (χ1) is 4.31. The summed E-state index contributed by atoms with van der Waals surface area (Å²) in [6.07, 6.45) is -0.287. The zero-order valence-corrected chi connectivity index (χ0v) is 5.93. The SMILES string of the molecule is NCCSCC(O)C=O. The molecule has 0 aliphatic heterocycles. The van der Waals surface area contributed by atoms with Gasteiger partial charge in [-0.15, -0.1) is 0 Å². The van der Waals surface area contributed by atoms with E-state index in [1.54, 1.807) is 0 Å². The molecule has 0 saturated carbocycles. The highest BCUT2D eigenvalue weighted by molar-refractivity contribution is 7.99. The number of carbonyl (C=O) groups excluding carboxylic acids is 1. The molecule has 0 rings (SSSR count). The van der Waals surface area contributed by atoms with Crippen molar-refractivity contribution in [1.29, 1.82) is 0 Å². The Kier molecular flexibility index (Phi) is 6.03. The minimum atomic E-state index is -0.818. The predicted octanol–water partition coefficient (Wildman–Crippen LogP) is -0.762. The van der Waals surface area contributed by atoms with Crippen LogP contribution in [0.4, 0.5) is 0 Å². The fourth-order valence-corrected chi connectivity index (χ4v) is 0.980. The van der Waals surface area contributed by atoms with Gasteiger partial charge in [-0.3, -0.25) is 0 Å². The first kappa shape index (κ1) is 8.94. The Morgan fingerprint density at radius 3 is 2.89 bits per heavy atom. The van der Waals surface area contributed by atoms with Crippen LogP contribution in [0, 0.1) is 0 Å². The number of aliphatic hydroxyl groups excluding tert-OH is 1. The Morgan fingerprint density at radius 2 is 2.44 bits per heavy atom. The van der Waals surface area contributed by atoms with Gasteiger partial charge in [-0.1, -0.05) is 0 Å². The molecule has 0 radical (unpaired) electrons. The summed E-state index contributed by atoms with van der Waals surface area (Å²) in [4.78, 5) is 9.80. The summed E-state index contributed by atoms with van der Waals surface area (Å²) >= 11 is 1.48. The molecule has 54 valence electrons. The van der Waals surface area contributed by atoms with E-state index in [1.165, 1.54) is 11.8 Å². The molecule has 1 unspecified atom stereocenters. The highest BCUT2D eigenvalue weighted by Gasteiger charge is 1.98. The van der Waals surface area contributed by atoms with Gasteiger partial charge in [-0.2, -0.15) is 11.8 Å². The molecule has 1 atom stereocenters. The molecule has 0 fully saturated rings. The minimum Gasteiger partial charge on any atom is -0.385 e. The van der Waals surface area contributed by atoms with E-state index in [0.717, 1.165) is 5.75 Å². The van der Waals surface area contributed by atoms with Gasteiger partial charge < -0.3 is 15.6 Å². The Balaban J connectivity index is 2.96. The van der Waals surface area contributed by atoms with Gasteiger partial charge in [0.2, 0.25) is 0 Å². The summed E-state index contributed by atoms with van der Waals surface area (Å²) in [6.45, 7) is 0.593. The van der Waals surface area contributed by atoms with Crippen LogP contribution in [0.25, 0.3) is 0 Å². The third-order valence-electron chi connectivity index (χ3n) is 0.708. The Labute approximate surface area is 58.6 Å². The number of hydrogen-bond acceptors (Lipinski definition) is 4. The van der Waals surface area contributed by atoms with Crippen molar-refractivity contribution in [3.63, 3.8) is 0 Å². The maximum absolute atomic E-state index is 9.80. The molecule has 0 aromatic carbocycles. The van der Waals surface area contributed by atoms with E-state index in [9.17, 15) is 4.79 Å². The van der Waals surface area contributed by atoms with Crippen LogP contribution in [-0.2, 0) is 4.79 Å². The zero-order chi connectivity index (χ0) is 7.11. The molecule has 0 saturated heterocycles. The first-order valence-electron chi connectivity index (χ1n) is 2.72. The van der Waals surface area contributed by atoms with Crippen molar-refractivity contribution in [3.05, 3.63) is 0 Å². The molecule has 3 N–H and O–H groups in total. The van der Waals surface area contributed by atoms with Crippen LogP contribution in [0.1, 0.15) is 0 Å². The van der Waals surface area contributed by atoms with E-state index in [-0.39, 0.29) is 0 Å². The number of rotatable bonds is 5. The van der Waals surface area contributed by atoms with Crippen molar-refractivity contribution < 1.29 is 9.90 Å². The lowest BCUT2D eigenvalue weighted by Gasteiger charge is -1.99. The smallest absolute Gasteiger partial charge is 0.149 e. The quantitative estimate of drug-likeness (QED) is 0.398. The molecular weight excluding hydrogens is 138 g/mol. The van der Waals surface area contributed by atoms with E-state index in [4.69, 9.17) is 10.8 Å². The largest absolute Gasteiger partial charge is 0.385 e. The Morgan fingerprint density at radius 1 is 1.78 bits per heavy atom. The topological polar surface area (TPSA) is 63.3 Å². The highest BCUT2D eigenvalue weighted by Crippen LogP contribution is 1.98. The van der Waals surface area contributed by atoms with Gasteiger partial charge in [0.15, 0.2) is 0 Å². The van der Waals surface area contributed by atoms with Crippen molar-refractivity contribution >= 4 is 18.0 Å². The number of carbonyl (C=O) groups is 1. The molecule has 0 spiro atoms. The lowest BCUT2D eigenvalue weighted by molar-refractivity contribution is -0.113. The summed E-state index contributed by atoms with van der Waals surface area (Å²) in [5, 5.41) is 8.65. The van der Waals surface area contributed by atoms with Crippen LogP contribution in [0.5, 0.6) is 0 Å². The van der Waals surface area contributed by atoms with Crippen molar-refractivity contribution in [3.8, 4) is 0 Å². The lowest BCUT2D eigenvalue weighted by atomic mass is 10.5. The highest BCUT2D eigenvalue weighted by atomic mass is 32.2. The molecular formula is C5H11NO2S. The lowest BCUT2D eigenvalue weighted by Crippen LogP contribution is -2.12. The molecule has 9 heavy (non-hydrogen) atoms. The Hall–Kier alpha value is -0.0600. The van der Waals surface area contributed by atoms with Crippen molar-refractivity contribution in [2.45, 2.75) is 6.10 Å². The van der Waals surface area contributed by atoms with Crippen molar-refractivity contribution in [1.82, 2.24) is 0 Å². The molecule has 4 heteroatoms. The molecule has 0 aromatic rings. The van der Waals surface area contributed by atoms with E-state index in [2.05, 4.69) is 0 Å². The number of nitrogens with two attached hydrogens (primary N) is 1. The zero-order valence-electron chi connectivity index (χ0n) is 5.12. The van der Waals surface area contributed by atoms with Gasteiger partial charge >= 0.3 is 0 Å². The molecule has 0 bridgehead atoms. The number of aliphatic hydroxyl groups is 1. The standard InChI is InChI=1S/C5H11NO2S/c6-1-2-9-4-5(8)3-7/h3,5,8H,1-2,4,6H2. The van der Waals surface area contributed by atoms with E-state index < -0.39 is 6.10 Å². The fraction of sp³-hybridized carbons (Fsp3) is 0.800. The number of thioether (sulfide) groups is 1. The third kappa shape index (κ3) is 5.82. The average Bonchev–Trinajstić information content (AvgIpc) is 1.89. The Bertz CT molecular complexity index is 79.4. The molecule has 3 nitrogen and oxygen atoms in total. The van der Waals surface area contributed by atoms with Crippen molar-refractivity contribution in [2.75, 3.05) is 18.1 Å². The summed E-state index contributed by atoms with van der Waals surface area (Å²) in [5.41, 5.74) is 5.17. The van der Waals surface area contributed by atoms with Crippen LogP contribution < -0.4 is 5.73 Å². The van der Waals surface area contributed by atoms with Crippen LogP contribution in [0.2, 0.25) is 0 Å². The third-order valence-corrected chi connectivity index (χ3v) is 1.81. The summed E-state index contributed by atoms with van der Waals surface area (Å²) in [5.74, 6) is 1.26. The summed E-state index contributed by atoms with van der Waals surface area (Å²) in [7, 11) is 0. The van der Waals surface area contributed by atoms with Crippen LogP contribution in [0.3, 0.4) is 0 Å². The monoisotopic (exact) mass is 149 g/mol. The second-order valence-electron chi connectivity index (χ2n) is 1.57. The van der Waals surface area contributed by atoms with E-state index in [1.807, 2.05) is 0 Å². The molecule has 0 heterocycles. The van der Waals surface area contributed by atoms with Gasteiger partial charge in [0, 0.05) is 18.1 Å². The van der Waals surface area contributed by atoms with E-state index in [0.29, 0.717) is 18.6 Å². The van der Waals surface area contributed by atoms with Gasteiger partial charge in [0.1, 0.15) is 12.4 Å². The molecule has 0 aromatic heterocycles. The van der Waals surface area contributed by atoms with Gasteiger partial charge in [-0.25, -0.2) is 0 Å². The van der Waals surface area contributed by atoms with Gasteiger partial charge in [0.25, 0.3) is 0 Å². The van der Waals surface area contributed by atoms with Crippen LogP contribution in [0.15, 0.2) is 0 Å². The predicted molar refractivity (Wildman–Crippen MR) is 38.5 cm³/mol. The maximum atomic E-state index is 9.80. The summed E-state index contributed by atoms with van der Waals surface area (Å²) < 4.78 is 0. The fourth-order valence-electron chi connectivity index (χ4n) is 0.327. The maximum Gasteiger partial charge on any atom is 0.149 e. The van der Waals surface area contributed by atoms with E-state index >= 15 is 0 Å². The normalized spacial score (nSPS) is 13.1. The van der Waals surface area contributed by atoms with Gasteiger partial charge in [0.05, 0.1) is 0 Å². The van der Waals surface area contributed by atoms with Crippen LogP contribution >= 0.6 is 11.8 Å². The summed E-state index contributed by atoms with van der Waals surface area (Å²) in [6, 6.07) is 0. The second-order valence-corrected chi connectivity index (χ2v) is 2.72. The second kappa shape index (κ2) is 6.07. The number of aldehydes is 1. The first-order valence-corrected chi connectivity index (χ1v) is 3.88. The average molecular weight is 149 g/mol. The minimum absolute atomic E-state index is 0.459.